The van der Waals surface area contributed by atoms with Gasteiger partial charge in [-0.2, -0.15) is 0 Å². The molecule has 0 fully saturated rings. The number of thiazole rings is 1. The second-order valence-electron chi connectivity index (χ2n) is 6.05. The van der Waals surface area contributed by atoms with Crippen LogP contribution in [0.1, 0.15) is 5.56 Å². The Hall–Kier alpha value is -2.27. The van der Waals surface area contributed by atoms with Crippen molar-refractivity contribution < 1.29 is 14.3 Å². The summed E-state index contributed by atoms with van der Waals surface area (Å²) in [6.45, 7) is 0. The average Bonchev–Trinajstić information content (AvgIpc) is 3.20. The predicted molar refractivity (Wildman–Crippen MR) is 136 cm³/mol. The van der Waals surface area contributed by atoms with Crippen molar-refractivity contribution in [2.75, 3.05) is 19.5 Å². The largest absolute Gasteiger partial charge is 0.496 e. The molecule has 1 amide bonds. The molecule has 0 spiro atoms. The molecule has 0 aliphatic rings. The molecule has 0 unspecified atom stereocenters. The quantitative estimate of drug-likeness (QED) is 0.279. The first-order valence-corrected chi connectivity index (χ1v) is 11.7. The molecule has 0 aliphatic carbocycles. The minimum absolute atomic E-state index is 0.160. The molecule has 2 N–H and O–H groups in total. The number of aromatic nitrogens is 1. The van der Waals surface area contributed by atoms with Gasteiger partial charge in [-0.3, -0.25) is 10.1 Å². The smallest absolute Gasteiger partial charge is 0.250 e. The van der Waals surface area contributed by atoms with Gasteiger partial charge < -0.3 is 14.8 Å². The third kappa shape index (κ3) is 6.36. The lowest BCUT2D eigenvalue weighted by Crippen LogP contribution is -2.32. The maximum absolute atomic E-state index is 12.2. The van der Waals surface area contributed by atoms with Gasteiger partial charge in [-0.1, -0.05) is 15.9 Å². The van der Waals surface area contributed by atoms with E-state index in [1.165, 1.54) is 17.4 Å². The minimum atomic E-state index is -0.365. The molecule has 31 heavy (non-hydrogen) atoms. The van der Waals surface area contributed by atoms with Crippen molar-refractivity contribution in [1.82, 2.24) is 10.3 Å². The molecule has 2 aromatic carbocycles. The third-order valence-corrected chi connectivity index (χ3v) is 6.09. The summed E-state index contributed by atoms with van der Waals surface area (Å²) in [5, 5.41) is 8.18. The van der Waals surface area contributed by atoms with Crippen molar-refractivity contribution in [3.05, 3.63) is 62.4 Å². The molecule has 1 heterocycles. The van der Waals surface area contributed by atoms with Crippen LogP contribution in [-0.2, 0) is 4.79 Å². The maximum atomic E-state index is 12.2. The van der Waals surface area contributed by atoms with Crippen LogP contribution in [0, 0.1) is 0 Å². The average molecular weight is 583 g/mol. The zero-order valence-corrected chi connectivity index (χ0v) is 21.2. The molecule has 3 aromatic rings. The topological polar surface area (TPSA) is 72.5 Å². The number of hydrogen-bond donors (Lipinski definition) is 2. The number of methoxy groups -OCH3 is 2. The summed E-state index contributed by atoms with van der Waals surface area (Å²) in [6.07, 6.45) is 3.05. The molecule has 6 nitrogen and oxygen atoms in total. The van der Waals surface area contributed by atoms with Crippen LogP contribution in [0.25, 0.3) is 17.3 Å². The zero-order valence-electron chi connectivity index (χ0n) is 16.4. The second-order valence-corrected chi connectivity index (χ2v) is 9.09. The van der Waals surface area contributed by atoms with Gasteiger partial charge in [0.05, 0.1) is 24.4 Å². The molecule has 0 bridgehead atoms. The number of ether oxygens (including phenoxy) is 2. The van der Waals surface area contributed by atoms with Crippen LogP contribution < -0.4 is 20.1 Å². The highest BCUT2D eigenvalue weighted by Crippen LogP contribution is 2.32. The normalized spacial score (nSPS) is 10.7. The number of carbonyl (C=O) groups excluding carboxylic acids is 1. The van der Waals surface area contributed by atoms with Crippen LogP contribution in [0.5, 0.6) is 11.5 Å². The number of amides is 1. The fourth-order valence-corrected chi connectivity index (χ4v) is 4.48. The Bertz CT molecular complexity index is 1150. The van der Waals surface area contributed by atoms with Gasteiger partial charge in [0.2, 0.25) is 5.91 Å². The van der Waals surface area contributed by atoms with E-state index in [-0.39, 0.29) is 11.0 Å². The molecule has 10 heteroatoms. The monoisotopic (exact) mass is 581 g/mol. The van der Waals surface area contributed by atoms with E-state index >= 15 is 0 Å². The molecule has 3 rings (SSSR count). The first-order valence-electron chi connectivity index (χ1n) is 8.82. The Kier molecular flexibility index (Phi) is 8.19. The SMILES string of the molecule is COc1ccc(-c2csc(NC(=S)NC(=O)/C=C/c3cc(Br)ccc3OC)n2)cc1Br. The van der Waals surface area contributed by atoms with Crippen molar-refractivity contribution in [1.29, 1.82) is 0 Å². The molecule has 0 saturated carbocycles. The van der Waals surface area contributed by atoms with Crippen LogP contribution in [0.2, 0.25) is 0 Å². The summed E-state index contributed by atoms with van der Waals surface area (Å²) in [5.41, 5.74) is 2.48. The summed E-state index contributed by atoms with van der Waals surface area (Å²) in [4.78, 5) is 16.7. The van der Waals surface area contributed by atoms with E-state index in [9.17, 15) is 4.79 Å². The van der Waals surface area contributed by atoms with E-state index in [0.717, 1.165) is 31.5 Å². The van der Waals surface area contributed by atoms with Crippen LogP contribution in [0.4, 0.5) is 5.13 Å². The van der Waals surface area contributed by atoms with E-state index < -0.39 is 0 Å². The molecular formula is C21H17Br2N3O3S2. The van der Waals surface area contributed by atoms with E-state index in [1.807, 2.05) is 41.8 Å². The lowest BCUT2D eigenvalue weighted by Gasteiger charge is -2.06. The Labute approximate surface area is 205 Å². The molecule has 0 radical (unpaired) electrons. The standard InChI is InChI=1S/C21H17Br2N3O3S2/c1-28-17-7-5-14(22)9-13(17)4-8-19(27)25-20(30)26-21-24-16(11-31-21)12-3-6-18(29-2)15(23)10-12/h3-11H,1-2H3,(H2,24,25,26,27,30)/b8-4+. The van der Waals surface area contributed by atoms with Crippen molar-refractivity contribution in [2.24, 2.45) is 0 Å². The molecule has 1 aromatic heterocycles. The summed E-state index contributed by atoms with van der Waals surface area (Å²) < 4.78 is 12.3. The van der Waals surface area contributed by atoms with Crippen molar-refractivity contribution in [3.63, 3.8) is 0 Å². The summed E-state index contributed by atoms with van der Waals surface area (Å²) in [6, 6.07) is 11.2. The fourth-order valence-electron chi connectivity index (χ4n) is 2.57. The van der Waals surface area contributed by atoms with Gasteiger partial charge in [-0.25, -0.2) is 4.98 Å². The number of nitrogens with one attached hydrogen (secondary N) is 2. The highest BCUT2D eigenvalue weighted by atomic mass is 79.9. The Morgan fingerprint density at radius 3 is 2.58 bits per heavy atom. The number of nitrogens with zero attached hydrogens (tertiary/aromatic N) is 1. The molecule has 0 aliphatic heterocycles. The van der Waals surface area contributed by atoms with Crippen molar-refractivity contribution >= 4 is 77.6 Å². The second kappa shape index (κ2) is 10.9. The van der Waals surface area contributed by atoms with Gasteiger partial charge in [0.25, 0.3) is 0 Å². The first kappa shape index (κ1) is 23.4. The number of benzene rings is 2. The van der Waals surface area contributed by atoms with Crippen molar-refractivity contribution in [3.8, 4) is 22.8 Å². The van der Waals surface area contributed by atoms with Gasteiger partial charge in [-0.05, 0) is 70.6 Å². The Morgan fingerprint density at radius 2 is 1.87 bits per heavy atom. The number of thiocarbonyl (C=S) groups is 1. The number of anilines is 1. The molecule has 160 valence electrons. The van der Waals surface area contributed by atoms with E-state index in [0.29, 0.717) is 10.9 Å². The lowest BCUT2D eigenvalue weighted by molar-refractivity contribution is -0.115. The van der Waals surface area contributed by atoms with Gasteiger partial charge in [0, 0.05) is 27.1 Å². The van der Waals surface area contributed by atoms with Crippen molar-refractivity contribution in [2.45, 2.75) is 0 Å². The number of halogens is 2. The molecule has 0 atom stereocenters. The fraction of sp³-hybridized carbons (Fsp3) is 0.0952. The highest BCUT2D eigenvalue weighted by molar-refractivity contribution is 9.10. The van der Waals surface area contributed by atoms with Crippen LogP contribution in [0.3, 0.4) is 0 Å². The van der Waals surface area contributed by atoms with Crippen LogP contribution in [-0.4, -0.2) is 30.2 Å². The Balaban J connectivity index is 1.61. The minimum Gasteiger partial charge on any atom is -0.496 e. The number of hydrogen-bond acceptors (Lipinski definition) is 6. The van der Waals surface area contributed by atoms with E-state index in [4.69, 9.17) is 21.7 Å². The maximum Gasteiger partial charge on any atom is 0.250 e. The van der Waals surface area contributed by atoms with Gasteiger partial charge in [-0.15, -0.1) is 11.3 Å². The number of rotatable bonds is 6. The van der Waals surface area contributed by atoms with Gasteiger partial charge in [0.15, 0.2) is 10.2 Å². The summed E-state index contributed by atoms with van der Waals surface area (Å²) in [7, 11) is 3.19. The third-order valence-electron chi connectivity index (χ3n) is 4.01. The van der Waals surface area contributed by atoms with E-state index in [1.54, 1.807) is 20.3 Å². The molecule has 0 saturated heterocycles. The molecular weight excluding hydrogens is 566 g/mol. The van der Waals surface area contributed by atoms with Crippen LogP contribution in [0.15, 0.2) is 56.8 Å². The Morgan fingerprint density at radius 1 is 1.13 bits per heavy atom. The number of carbonyl (C=O) groups is 1. The van der Waals surface area contributed by atoms with Gasteiger partial charge in [0.1, 0.15) is 11.5 Å². The van der Waals surface area contributed by atoms with Crippen LogP contribution >= 0.6 is 55.4 Å². The summed E-state index contributed by atoms with van der Waals surface area (Å²) >= 11 is 13.5. The lowest BCUT2D eigenvalue weighted by atomic mass is 10.2. The van der Waals surface area contributed by atoms with Gasteiger partial charge >= 0.3 is 0 Å². The summed E-state index contributed by atoms with van der Waals surface area (Å²) in [5.74, 6) is 1.04. The first-order chi connectivity index (χ1) is 14.9. The zero-order chi connectivity index (χ0) is 22.4. The highest BCUT2D eigenvalue weighted by Gasteiger charge is 2.10. The predicted octanol–water partition coefficient (Wildman–Crippen LogP) is 5.88. The van der Waals surface area contributed by atoms with E-state index in [2.05, 4.69) is 47.5 Å².